The largest absolute Gasteiger partial charge is 0.507 e. The number of nitrogens with one attached hydrogen (secondary N) is 1. The van der Waals surface area contributed by atoms with Gasteiger partial charge in [-0.3, -0.25) is 14.5 Å². The third-order valence-electron chi connectivity index (χ3n) is 7.83. The van der Waals surface area contributed by atoms with E-state index in [2.05, 4.69) is 20.6 Å². The molecule has 2 amide bonds. The van der Waals surface area contributed by atoms with Gasteiger partial charge in [-0.2, -0.15) is 13.2 Å². The number of nitrogen functional groups attached to an aromatic ring is 1. The lowest BCUT2D eigenvalue weighted by atomic mass is 9.86. The minimum absolute atomic E-state index is 0.0173. The summed E-state index contributed by atoms with van der Waals surface area (Å²) in [6.45, 7) is -0.642. The van der Waals surface area contributed by atoms with Gasteiger partial charge in [0, 0.05) is 30.9 Å². The fourth-order valence-corrected chi connectivity index (χ4v) is 5.44. The summed E-state index contributed by atoms with van der Waals surface area (Å²) in [5.74, 6) is -1.72. The van der Waals surface area contributed by atoms with Crippen molar-refractivity contribution in [1.82, 2.24) is 25.2 Å². The molecule has 48 heavy (non-hydrogen) atoms. The number of phenols is 1. The molecule has 5 aromatic rings. The Morgan fingerprint density at radius 2 is 1.98 bits per heavy atom. The fourth-order valence-electron chi connectivity index (χ4n) is 5.44. The van der Waals surface area contributed by atoms with Crippen LogP contribution >= 0.6 is 0 Å². The van der Waals surface area contributed by atoms with Crippen molar-refractivity contribution in [3.05, 3.63) is 83.7 Å². The molecule has 1 saturated heterocycles. The van der Waals surface area contributed by atoms with Crippen LogP contribution in [0.25, 0.3) is 16.7 Å². The molecule has 1 aliphatic rings. The maximum atomic E-state index is 14.0. The van der Waals surface area contributed by atoms with E-state index >= 15 is 0 Å². The van der Waals surface area contributed by atoms with E-state index in [0.29, 0.717) is 22.7 Å². The zero-order valence-corrected chi connectivity index (χ0v) is 25.1. The zero-order valence-electron chi connectivity index (χ0n) is 25.1. The van der Waals surface area contributed by atoms with Crippen molar-refractivity contribution in [1.29, 1.82) is 0 Å². The van der Waals surface area contributed by atoms with E-state index in [1.54, 1.807) is 24.3 Å². The van der Waals surface area contributed by atoms with E-state index in [9.17, 15) is 33.0 Å². The summed E-state index contributed by atoms with van der Waals surface area (Å²) >= 11 is 0. The second-order valence-corrected chi connectivity index (χ2v) is 11.0. The fraction of sp³-hybridized carbons (Fsp3) is 0.258. The van der Waals surface area contributed by atoms with Gasteiger partial charge in [0.15, 0.2) is 23.3 Å². The number of ether oxygens (including phenoxy) is 2. The van der Waals surface area contributed by atoms with Crippen LogP contribution in [0.3, 0.4) is 0 Å². The summed E-state index contributed by atoms with van der Waals surface area (Å²) < 4.78 is 58.4. The standard InChI is InChI=1S/C31H28F3N7O7/c1-46-25-13-21(20(15-36-25)31(32,33)34)41-9-8-24(38-41)40-10-11-47-26(29(40)44)30(45,16-37-28(43)18-4-2-3-5-22(18)42)14-17-6-7-19-23(12-17)48-39-27(19)35/h2-9,12-13,15,26,42,45H,10-11,14,16H2,1H3,(H2,35,39)(H,37,43)/t26-,30?/m0/s1. The number of hydrogen-bond donors (Lipinski definition) is 4. The first-order valence-corrected chi connectivity index (χ1v) is 14.4. The van der Waals surface area contributed by atoms with Crippen LogP contribution in [-0.4, -0.2) is 80.5 Å². The van der Waals surface area contributed by atoms with Gasteiger partial charge in [0.25, 0.3) is 11.8 Å². The van der Waals surface area contributed by atoms with Crippen LogP contribution in [0.1, 0.15) is 21.5 Å². The number of para-hydroxylation sites is 1. The van der Waals surface area contributed by atoms with Gasteiger partial charge in [-0.15, -0.1) is 5.10 Å². The topological polar surface area (TPSA) is 191 Å². The van der Waals surface area contributed by atoms with Crippen molar-refractivity contribution >= 4 is 34.4 Å². The number of nitrogens with two attached hydrogens (primary N) is 1. The Morgan fingerprint density at radius 1 is 1.19 bits per heavy atom. The number of benzene rings is 2. The molecule has 0 saturated carbocycles. The quantitative estimate of drug-likeness (QED) is 0.181. The number of morpholine rings is 1. The summed E-state index contributed by atoms with van der Waals surface area (Å²) in [5, 5.41) is 33.4. The number of pyridine rings is 1. The van der Waals surface area contributed by atoms with Crippen molar-refractivity contribution in [2.45, 2.75) is 24.3 Å². The minimum atomic E-state index is -4.77. The predicted molar refractivity (Wildman–Crippen MR) is 163 cm³/mol. The first kappa shape index (κ1) is 32.3. The molecule has 3 aromatic heterocycles. The summed E-state index contributed by atoms with van der Waals surface area (Å²) in [6.07, 6.45) is -4.72. The van der Waals surface area contributed by atoms with Gasteiger partial charge in [0.1, 0.15) is 11.4 Å². The molecule has 0 bridgehead atoms. The molecule has 0 aliphatic carbocycles. The number of alkyl halides is 3. The number of aliphatic hydroxyl groups is 1. The maximum Gasteiger partial charge on any atom is 0.419 e. The van der Waals surface area contributed by atoms with Crippen LogP contribution in [0.4, 0.5) is 24.8 Å². The van der Waals surface area contributed by atoms with E-state index in [0.717, 1.165) is 10.7 Å². The number of halogens is 3. The molecule has 1 unspecified atom stereocenters. The number of aromatic hydroxyl groups is 1. The van der Waals surface area contributed by atoms with Gasteiger partial charge in [-0.1, -0.05) is 23.4 Å². The highest BCUT2D eigenvalue weighted by Gasteiger charge is 2.47. The lowest BCUT2D eigenvalue weighted by Gasteiger charge is -2.40. The Balaban J connectivity index is 1.32. The number of amides is 2. The van der Waals surface area contributed by atoms with E-state index in [1.807, 2.05) is 0 Å². The highest BCUT2D eigenvalue weighted by Crippen LogP contribution is 2.35. The van der Waals surface area contributed by atoms with Crippen molar-refractivity contribution in [2.75, 3.05) is 37.4 Å². The molecule has 0 spiro atoms. The minimum Gasteiger partial charge on any atom is -0.507 e. The first-order valence-electron chi connectivity index (χ1n) is 14.4. The van der Waals surface area contributed by atoms with Crippen molar-refractivity contribution < 1.29 is 47.0 Å². The van der Waals surface area contributed by atoms with Gasteiger partial charge < -0.3 is 35.3 Å². The molecule has 0 radical (unpaired) electrons. The molecule has 250 valence electrons. The highest BCUT2D eigenvalue weighted by molar-refractivity contribution is 5.98. The number of carbonyl (C=O) groups is 2. The summed E-state index contributed by atoms with van der Waals surface area (Å²) in [4.78, 5) is 31.8. The summed E-state index contributed by atoms with van der Waals surface area (Å²) in [7, 11) is 1.26. The van der Waals surface area contributed by atoms with E-state index in [4.69, 9.17) is 19.7 Å². The van der Waals surface area contributed by atoms with E-state index < -0.39 is 41.8 Å². The van der Waals surface area contributed by atoms with Crippen molar-refractivity contribution in [3.8, 4) is 17.3 Å². The average Bonchev–Trinajstić information content (AvgIpc) is 3.70. The van der Waals surface area contributed by atoms with E-state index in [1.165, 1.54) is 42.5 Å². The number of phenolic OH excluding ortho intramolecular Hbond substituents is 1. The van der Waals surface area contributed by atoms with Crippen LogP contribution < -0.4 is 20.7 Å². The Labute approximate surface area is 269 Å². The van der Waals surface area contributed by atoms with Crippen LogP contribution in [0, 0.1) is 0 Å². The number of carbonyl (C=O) groups excluding carboxylic acids is 2. The average molecular weight is 668 g/mol. The third kappa shape index (κ3) is 6.19. The smallest absolute Gasteiger partial charge is 0.419 e. The highest BCUT2D eigenvalue weighted by atomic mass is 19.4. The molecular formula is C31H28F3N7O7. The second kappa shape index (κ2) is 12.5. The maximum absolute atomic E-state index is 14.0. The lowest BCUT2D eigenvalue weighted by Crippen LogP contribution is -2.63. The summed E-state index contributed by atoms with van der Waals surface area (Å²) in [5.41, 5.74) is 2.99. The summed E-state index contributed by atoms with van der Waals surface area (Å²) in [6, 6.07) is 13.0. The van der Waals surface area contributed by atoms with Crippen LogP contribution in [0.2, 0.25) is 0 Å². The molecule has 6 rings (SSSR count). The Morgan fingerprint density at radius 3 is 2.73 bits per heavy atom. The first-order chi connectivity index (χ1) is 22.9. The molecule has 1 aliphatic heterocycles. The van der Waals surface area contributed by atoms with Gasteiger partial charge in [0.2, 0.25) is 5.88 Å². The monoisotopic (exact) mass is 667 g/mol. The number of rotatable bonds is 9. The molecule has 2 atom stereocenters. The van der Waals surface area contributed by atoms with Gasteiger partial charge in [0.05, 0.1) is 49.0 Å². The van der Waals surface area contributed by atoms with Gasteiger partial charge >= 0.3 is 6.18 Å². The van der Waals surface area contributed by atoms with Crippen molar-refractivity contribution in [3.63, 3.8) is 0 Å². The Bertz CT molecular complexity index is 2000. The molecule has 4 heterocycles. The molecule has 17 heteroatoms. The number of hydrogen-bond acceptors (Lipinski definition) is 11. The second-order valence-electron chi connectivity index (χ2n) is 11.0. The van der Waals surface area contributed by atoms with Gasteiger partial charge in [-0.25, -0.2) is 9.67 Å². The van der Waals surface area contributed by atoms with Crippen LogP contribution in [0.15, 0.2) is 71.5 Å². The molecule has 2 aromatic carbocycles. The number of nitrogens with zero attached hydrogens (tertiary/aromatic N) is 5. The van der Waals surface area contributed by atoms with E-state index in [-0.39, 0.29) is 54.1 Å². The normalized spacial score (nSPS) is 16.6. The SMILES string of the molecule is COc1cc(-n2ccc(N3CCO[C@H](C(O)(CNC(=O)c4ccccc4O)Cc4ccc5c(N)noc5c4)C3=O)n2)c(C(F)(F)F)cn1. The lowest BCUT2D eigenvalue weighted by molar-refractivity contribution is -0.157. The number of methoxy groups -OCH3 is 1. The number of fused-ring (bicyclic) bond motifs is 1. The Kier molecular flexibility index (Phi) is 8.40. The third-order valence-corrected chi connectivity index (χ3v) is 7.83. The number of aromatic nitrogens is 4. The van der Waals surface area contributed by atoms with Crippen LogP contribution in [-0.2, 0) is 22.1 Å². The molecule has 1 fully saturated rings. The number of anilines is 2. The predicted octanol–water partition coefficient (Wildman–Crippen LogP) is 2.86. The molecular weight excluding hydrogens is 639 g/mol. The van der Waals surface area contributed by atoms with Gasteiger partial charge in [-0.05, 0) is 29.8 Å². The Hall–Kier alpha value is -5.68. The van der Waals surface area contributed by atoms with Crippen molar-refractivity contribution in [2.24, 2.45) is 0 Å². The molecule has 5 N–H and O–H groups in total. The zero-order chi connectivity index (χ0) is 34.2. The van der Waals surface area contributed by atoms with Crippen LogP contribution in [0.5, 0.6) is 11.6 Å². The molecule has 14 nitrogen and oxygen atoms in total.